The second-order valence-corrected chi connectivity index (χ2v) is 3.22. The minimum Gasteiger partial charge on any atom is -0.205 e. The Hall–Kier alpha value is -1.78. The van der Waals surface area contributed by atoms with Crippen molar-refractivity contribution in [2.45, 2.75) is 26.9 Å². The molecule has 0 bridgehead atoms. The number of pyridine rings is 1. The SMILES string of the molecule is CCn1nnc(-c2ccc[n+](CC)c2)n1. The van der Waals surface area contributed by atoms with Gasteiger partial charge in [-0.15, -0.1) is 10.2 Å². The van der Waals surface area contributed by atoms with Gasteiger partial charge in [-0.05, 0) is 25.1 Å². The summed E-state index contributed by atoms with van der Waals surface area (Å²) in [6.07, 6.45) is 4.05. The Morgan fingerprint density at radius 1 is 1.40 bits per heavy atom. The molecule has 2 heterocycles. The third kappa shape index (κ3) is 2.01. The smallest absolute Gasteiger partial charge is 0.205 e. The minimum absolute atomic E-state index is 0.680. The Kier molecular flexibility index (Phi) is 2.71. The van der Waals surface area contributed by atoms with Crippen molar-refractivity contribution < 1.29 is 4.57 Å². The number of nitrogens with zero attached hydrogens (tertiary/aromatic N) is 5. The van der Waals surface area contributed by atoms with Crippen molar-refractivity contribution in [2.24, 2.45) is 0 Å². The molecule has 0 aliphatic carbocycles. The molecule has 15 heavy (non-hydrogen) atoms. The Bertz CT molecular complexity index is 449. The molecule has 0 aliphatic heterocycles. The molecule has 0 aliphatic rings. The average molecular weight is 204 g/mol. The molecule has 2 aromatic heterocycles. The van der Waals surface area contributed by atoms with Gasteiger partial charge in [0.15, 0.2) is 12.4 Å². The van der Waals surface area contributed by atoms with Crippen molar-refractivity contribution in [2.75, 3.05) is 0 Å². The van der Waals surface area contributed by atoms with Gasteiger partial charge in [0.2, 0.25) is 5.82 Å². The van der Waals surface area contributed by atoms with Crippen LogP contribution in [-0.2, 0) is 13.1 Å². The van der Waals surface area contributed by atoms with E-state index in [-0.39, 0.29) is 0 Å². The van der Waals surface area contributed by atoms with Crippen molar-refractivity contribution in [3.05, 3.63) is 24.5 Å². The fourth-order valence-electron chi connectivity index (χ4n) is 1.34. The van der Waals surface area contributed by atoms with Crippen molar-refractivity contribution >= 4 is 0 Å². The summed E-state index contributed by atoms with van der Waals surface area (Å²) in [4.78, 5) is 1.58. The molecule has 0 saturated heterocycles. The van der Waals surface area contributed by atoms with E-state index >= 15 is 0 Å². The van der Waals surface area contributed by atoms with Crippen molar-refractivity contribution in [1.82, 2.24) is 20.2 Å². The van der Waals surface area contributed by atoms with E-state index in [1.807, 2.05) is 31.5 Å². The number of rotatable bonds is 3. The third-order valence-electron chi connectivity index (χ3n) is 2.22. The van der Waals surface area contributed by atoms with Crippen LogP contribution in [0, 0.1) is 0 Å². The lowest BCUT2D eigenvalue weighted by molar-refractivity contribution is -0.693. The van der Waals surface area contributed by atoms with Crippen LogP contribution in [0.5, 0.6) is 0 Å². The first-order chi connectivity index (χ1) is 7.33. The highest BCUT2D eigenvalue weighted by Gasteiger charge is 2.08. The summed E-state index contributed by atoms with van der Waals surface area (Å²) >= 11 is 0. The van der Waals surface area contributed by atoms with Crippen LogP contribution in [0.3, 0.4) is 0 Å². The molecule has 5 nitrogen and oxygen atoms in total. The molecule has 0 aromatic carbocycles. The molecule has 0 spiro atoms. The van der Waals surface area contributed by atoms with Gasteiger partial charge in [-0.3, -0.25) is 0 Å². The van der Waals surface area contributed by atoms with Gasteiger partial charge in [0.1, 0.15) is 6.54 Å². The number of tetrazole rings is 1. The van der Waals surface area contributed by atoms with Crippen LogP contribution in [0.15, 0.2) is 24.5 Å². The van der Waals surface area contributed by atoms with Gasteiger partial charge in [-0.1, -0.05) is 0 Å². The Morgan fingerprint density at radius 3 is 2.93 bits per heavy atom. The topological polar surface area (TPSA) is 47.5 Å². The molecule has 0 radical (unpaired) electrons. The highest BCUT2D eigenvalue weighted by atomic mass is 15.6. The van der Waals surface area contributed by atoms with Crippen LogP contribution in [0.4, 0.5) is 0 Å². The van der Waals surface area contributed by atoms with E-state index in [1.54, 1.807) is 4.80 Å². The zero-order valence-electron chi connectivity index (χ0n) is 8.96. The molecule has 0 N–H and O–H groups in total. The van der Waals surface area contributed by atoms with Crippen LogP contribution in [0.1, 0.15) is 13.8 Å². The van der Waals surface area contributed by atoms with Crippen molar-refractivity contribution in [3.63, 3.8) is 0 Å². The zero-order chi connectivity index (χ0) is 10.7. The summed E-state index contributed by atoms with van der Waals surface area (Å²) in [6, 6.07) is 3.98. The molecular formula is C10H14N5+. The molecule has 0 unspecified atom stereocenters. The van der Waals surface area contributed by atoms with Gasteiger partial charge >= 0.3 is 0 Å². The van der Waals surface area contributed by atoms with Crippen molar-refractivity contribution in [1.29, 1.82) is 0 Å². The summed E-state index contributed by atoms with van der Waals surface area (Å²) in [5, 5.41) is 12.2. The second kappa shape index (κ2) is 4.16. The van der Waals surface area contributed by atoms with E-state index in [4.69, 9.17) is 0 Å². The van der Waals surface area contributed by atoms with E-state index in [0.29, 0.717) is 5.82 Å². The molecule has 0 atom stereocenters. The number of aromatic nitrogens is 5. The number of aryl methyl sites for hydroxylation is 2. The molecule has 78 valence electrons. The first kappa shape index (κ1) is 9.76. The van der Waals surface area contributed by atoms with Gasteiger partial charge in [0, 0.05) is 6.07 Å². The molecule has 0 fully saturated rings. The lowest BCUT2D eigenvalue weighted by Crippen LogP contribution is -2.31. The Balaban J connectivity index is 2.35. The Morgan fingerprint density at radius 2 is 2.27 bits per heavy atom. The lowest BCUT2D eigenvalue weighted by atomic mass is 10.3. The highest BCUT2D eigenvalue weighted by molar-refractivity contribution is 5.50. The van der Waals surface area contributed by atoms with E-state index < -0.39 is 0 Å². The van der Waals surface area contributed by atoms with Gasteiger partial charge in [0.05, 0.1) is 12.1 Å². The quantitative estimate of drug-likeness (QED) is 0.690. The van der Waals surface area contributed by atoms with E-state index in [1.165, 1.54) is 0 Å². The summed E-state index contributed by atoms with van der Waals surface area (Å²) in [5.41, 5.74) is 0.999. The predicted octanol–water partition coefficient (Wildman–Crippen LogP) is 0.667. The first-order valence-corrected chi connectivity index (χ1v) is 5.10. The van der Waals surface area contributed by atoms with Gasteiger partial charge in [-0.2, -0.15) is 4.80 Å². The lowest BCUT2D eigenvalue weighted by Gasteiger charge is -1.93. The van der Waals surface area contributed by atoms with Gasteiger partial charge < -0.3 is 0 Å². The largest absolute Gasteiger partial charge is 0.210 e. The molecule has 2 aromatic rings. The minimum atomic E-state index is 0.680. The third-order valence-corrected chi connectivity index (χ3v) is 2.22. The molecule has 0 amide bonds. The fourth-order valence-corrected chi connectivity index (χ4v) is 1.34. The summed E-state index contributed by atoms with van der Waals surface area (Å²) in [7, 11) is 0. The average Bonchev–Trinajstić information content (AvgIpc) is 2.78. The normalized spacial score (nSPS) is 10.5. The molecule has 0 saturated carbocycles. The monoisotopic (exact) mass is 204 g/mol. The predicted molar refractivity (Wildman–Crippen MR) is 54.8 cm³/mol. The Labute approximate surface area is 88.4 Å². The first-order valence-electron chi connectivity index (χ1n) is 5.10. The molecule has 5 heteroatoms. The number of hydrogen-bond donors (Lipinski definition) is 0. The van der Waals surface area contributed by atoms with Crippen LogP contribution in [-0.4, -0.2) is 20.2 Å². The molecular weight excluding hydrogens is 190 g/mol. The van der Waals surface area contributed by atoms with E-state index in [0.717, 1.165) is 18.7 Å². The van der Waals surface area contributed by atoms with Gasteiger partial charge in [0.25, 0.3) is 0 Å². The van der Waals surface area contributed by atoms with E-state index in [2.05, 4.69) is 26.9 Å². The van der Waals surface area contributed by atoms with E-state index in [9.17, 15) is 0 Å². The summed E-state index contributed by atoms with van der Waals surface area (Å²) in [5.74, 6) is 0.680. The van der Waals surface area contributed by atoms with Crippen LogP contribution >= 0.6 is 0 Å². The summed E-state index contributed by atoms with van der Waals surface area (Å²) < 4.78 is 2.09. The van der Waals surface area contributed by atoms with Crippen LogP contribution in [0.25, 0.3) is 11.4 Å². The zero-order valence-corrected chi connectivity index (χ0v) is 8.96. The highest BCUT2D eigenvalue weighted by Crippen LogP contribution is 2.09. The number of hydrogen-bond acceptors (Lipinski definition) is 3. The molecule has 2 rings (SSSR count). The second-order valence-electron chi connectivity index (χ2n) is 3.22. The maximum absolute atomic E-state index is 4.26. The fraction of sp³-hybridized carbons (Fsp3) is 0.400. The van der Waals surface area contributed by atoms with Crippen molar-refractivity contribution in [3.8, 4) is 11.4 Å². The van der Waals surface area contributed by atoms with Crippen LogP contribution in [0.2, 0.25) is 0 Å². The van der Waals surface area contributed by atoms with Crippen LogP contribution < -0.4 is 4.57 Å². The summed E-state index contributed by atoms with van der Waals surface area (Å²) in [6.45, 7) is 5.77. The maximum Gasteiger partial charge on any atom is 0.210 e. The standard InChI is InChI=1S/C10H14N5/c1-3-14-7-5-6-9(8-14)10-11-13-15(4-2)12-10/h5-8H,3-4H2,1-2H3/q+1. The maximum atomic E-state index is 4.26. The van der Waals surface area contributed by atoms with Gasteiger partial charge in [-0.25, -0.2) is 4.57 Å².